The molecule has 5 nitrogen and oxygen atoms in total. The lowest BCUT2D eigenvalue weighted by molar-refractivity contribution is -0.143. The topological polar surface area (TPSA) is 60.9 Å². The number of aliphatic carboxylic acids is 1. The standard InChI is InChI=1S/C14H26N2O3.ClH/c1-11(14(18)19)15(2)10-13(17)16(3)9-12-7-5-4-6-8-12;/h11-12H,4-10H2,1-3H3,(H,18,19);1H. The number of carboxylic acid groups (broad SMARTS) is 1. The molecular weight excluding hydrogens is 280 g/mol. The minimum absolute atomic E-state index is 0. The number of likely N-dealkylation sites (N-methyl/N-ethyl adjacent to an activating group) is 2. The molecule has 0 aromatic heterocycles. The Morgan fingerprint density at radius 3 is 2.25 bits per heavy atom. The quantitative estimate of drug-likeness (QED) is 0.813. The van der Waals surface area contributed by atoms with E-state index < -0.39 is 12.0 Å². The molecule has 1 fully saturated rings. The van der Waals surface area contributed by atoms with E-state index in [0.29, 0.717) is 5.92 Å². The summed E-state index contributed by atoms with van der Waals surface area (Å²) in [5.74, 6) is -0.281. The molecule has 1 N–H and O–H groups in total. The number of rotatable bonds is 6. The second kappa shape index (κ2) is 9.19. The number of carbonyl (C=O) groups excluding carboxylic acids is 1. The molecule has 1 aliphatic carbocycles. The number of nitrogens with zero attached hydrogens (tertiary/aromatic N) is 2. The average molecular weight is 307 g/mol. The van der Waals surface area contributed by atoms with Crippen molar-refractivity contribution in [2.75, 3.05) is 27.2 Å². The first-order valence-electron chi connectivity index (χ1n) is 7.08. The molecule has 1 rings (SSSR count). The Morgan fingerprint density at radius 2 is 1.75 bits per heavy atom. The molecule has 20 heavy (non-hydrogen) atoms. The predicted molar refractivity (Wildman–Crippen MR) is 81.2 cm³/mol. The van der Waals surface area contributed by atoms with E-state index in [4.69, 9.17) is 5.11 Å². The van der Waals surface area contributed by atoms with Crippen LogP contribution in [0, 0.1) is 5.92 Å². The maximum atomic E-state index is 12.0. The Morgan fingerprint density at radius 1 is 1.20 bits per heavy atom. The van der Waals surface area contributed by atoms with Crippen LogP contribution in [0.15, 0.2) is 0 Å². The second-order valence-corrected chi connectivity index (χ2v) is 5.71. The first kappa shape index (κ1) is 19.2. The third-order valence-electron chi connectivity index (χ3n) is 4.09. The molecular formula is C14H27ClN2O3. The van der Waals surface area contributed by atoms with Crippen molar-refractivity contribution in [1.29, 1.82) is 0 Å². The van der Waals surface area contributed by atoms with Crippen LogP contribution in [0.5, 0.6) is 0 Å². The van der Waals surface area contributed by atoms with E-state index >= 15 is 0 Å². The molecule has 0 saturated heterocycles. The zero-order valence-electron chi connectivity index (χ0n) is 12.7. The van der Waals surface area contributed by atoms with Gasteiger partial charge in [-0.05, 0) is 32.7 Å². The third-order valence-corrected chi connectivity index (χ3v) is 4.09. The smallest absolute Gasteiger partial charge is 0.320 e. The van der Waals surface area contributed by atoms with Gasteiger partial charge >= 0.3 is 5.97 Å². The molecule has 0 heterocycles. The fraction of sp³-hybridized carbons (Fsp3) is 0.857. The van der Waals surface area contributed by atoms with Crippen molar-refractivity contribution in [1.82, 2.24) is 9.80 Å². The molecule has 1 unspecified atom stereocenters. The van der Waals surface area contributed by atoms with Crippen LogP contribution in [0.3, 0.4) is 0 Å². The van der Waals surface area contributed by atoms with Gasteiger partial charge in [-0.2, -0.15) is 0 Å². The number of carbonyl (C=O) groups is 2. The van der Waals surface area contributed by atoms with Gasteiger partial charge < -0.3 is 10.0 Å². The van der Waals surface area contributed by atoms with Gasteiger partial charge in [0.1, 0.15) is 6.04 Å². The van der Waals surface area contributed by atoms with E-state index in [2.05, 4.69) is 0 Å². The molecule has 1 saturated carbocycles. The minimum atomic E-state index is -0.898. The molecule has 0 aromatic carbocycles. The van der Waals surface area contributed by atoms with Crippen LogP contribution in [0.1, 0.15) is 39.0 Å². The van der Waals surface area contributed by atoms with Gasteiger partial charge in [0.2, 0.25) is 5.91 Å². The molecule has 1 amide bonds. The highest BCUT2D eigenvalue weighted by Crippen LogP contribution is 2.24. The van der Waals surface area contributed by atoms with Crippen LogP contribution in [0.2, 0.25) is 0 Å². The highest BCUT2D eigenvalue weighted by molar-refractivity contribution is 5.85. The number of hydrogen-bond acceptors (Lipinski definition) is 3. The largest absolute Gasteiger partial charge is 0.480 e. The summed E-state index contributed by atoms with van der Waals surface area (Å²) in [5, 5.41) is 8.90. The van der Waals surface area contributed by atoms with E-state index in [-0.39, 0.29) is 24.9 Å². The van der Waals surface area contributed by atoms with Gasteiger partial charge in [-0.15, -0.1) is 12.4 Å². The summed E-state index contributed by atoms with van der Waals surface area (Å²) in [7, 11) is 3.49. The van der Waals surface area contributed by atoms with E-state index in [1.807, 2.05) is 7.05 Å². The minimum Gasteiger partial charge on any atom is -0.480 e. The number of amides is 1. The van der Waals surface area contributed by atoms with Gasteiger partial charge in [0, 0.05) is 13.6 Å². The van der Waals surface area contributed by atoms with Crippen molar-refractivity contribution >= 4 is 24.3 Å². The summed E-state index contributed by atoms with van der Waals surface area (Å²) in [5.41, 5.74) is 0. The van der Waals surface area contributed by atoms with Crippen LogP contribution in [-0.4, -0.2) is 60.0 Å². The van der Waals surface area contributed by atoms with Gasteiger partial charge in [-0.25, -0.2) is 0 Å². The van der Waals surface area contributed by atoms with Gasteiger partial charge in [-0.1, -0.05) is 19.3 Å². The van der Waals surface area contributed by atoms with Gasteiger partial charge in [0.15, 0.2) is 0 Å². The summed E-state index contributed by atoms with van der Waals surface area (Å²) in [6.45, 7) is 2.56. The van der Waals surface area contributed by atoms with Crippen molar-refractivity contribution in [2.45, 2.75) is 45.1 Å². The molecule has 0 aliphatic heterocycles. The normalized spacial score (nSPS) is 17.4. The molecule has 0 spiro atoms. The van der Waals surface area contributed by atoms with Crippen LogP contribution in [0.25, 0.3) is 0 Å². The Kier molecular flexibility index (Phi) is 8.81. The maximum Gasteiger partial charge on any atom is 0.320 e. The van der Waals surface area contributed by atoms with Crippen LogP contribution >= 0.6 is 12.4 Å². The van der Waals surface area contributed by atoms with E-state index in [9.17, 15) is 9.59 Å². The van der Waals surface area contributed by atoms with Crippen LogP contribution < -0.4 is 0 Å². The lowest BCUT2D eigenvalue weighted by Gasteiger charge is -2.29. The first-order valence-corrected chi connectivity index (χ1v) is 7.08. The van der Waals surface area contributed by atoms with Crippen molar-refractivity contribution in [3.63, 3.8) is 0 Å². The van der Waals surface area contributed by atoms with E-state index in [1.54, 1.807) is 23.8 Å². The van der Waals surface area contributed by atoms with Gasteiger partial charge in [0.05, 0.1) is 6.54 Å². The zero-order valence-corrected chi connectivity index (χ0v) is 13.5. The summed E-state index contributed by atoms with van der Waals surface area (Å²) in [4.78, 5) is 26.2. The number of carboxylic acids is 1. The fourth-order valence-electron chi connectivity index (χ4n) is 2.52. The highest BCUT2D eigenvalue weighted by atomic mass is 35.5. The molecule has 1 aliphatic rings. The highest BCUT2D eigenvalue weighted by Gasteiger charge is 2.22. The fourth-order valence-corrected chi connectivity index (χ4v) is 2.52. The van der Waals surface area contributed by atoms with E-state index in [0.717, 1.165) is 6.54 Å². The summed E-state index contributed by atoms with van der Waals surface area (Å²) < 4.78 is 0. The molecule has 6 heteroatoms. The molecule has 0 radical (unpaired) electrons. The van der Waals surface area contributed by atoms with Crippen molar-refractivity contribution in [3.05, 3.63) is 0 Å². The predicted octanol–water partition coefficient (Wildman–Crippen LogP) is 1.85. The van der Waals surface area contributed by atoms with Gasteiger partial charge in [-0.3, -0.25) is 14.5 Å². The van der Waals surface area contributed by atoms with Crippen LogP contribution in [-0.2, 0) is 9.59 Å². The lowest BCUT2D eigenvalue weighted by atomic mass is 9.89. The number of halogens is 1. The van der Waals surface area contributed by atoms with Gasteiger partial charge in [0.25, 0.3) is 0 Å². The third kappa shape index (κ3) is 6.09. The Bertz CT molecular complexity index is 320. The lowest BCUT2D eigenvalue weighted by Crippen LogP contribution is -2.44. The maximum absolute atomic E-state index is 12.0. The second-order valence-electron chi connectivity index (χ2n) is 5.71. The monoisotopic (exact) mass is 306 g/mol. The summed E-state index contributed by atoms with van der Waals surface area (Å²) in [6, 6.07) is -0.632. The molecule has 118 valence electrons. The Labute approximate surface area is 127 Å². The van der Waals surface area contributed by atoms with Crippen molar-refractivity contribution < 1.29 is 14.7 Å². The Balaban J connectivity index is 0.00000361. The van der Waals surface area contributed by atoms with Crippen molar-refractivity contribution in [3.8, 4) is 0 Å². The molecule has 0 bridgehead atoms. The molecule has 0 aromatic rings. The summed E-state index contributed by atoms with van der Waals surface area (Å²) >= 11 is 0. The van der Waals surface area contributed by atoms with E-state index in [1.165, 1.54) is 32.1 Å². The first-order chi connectivity index (χ1) is 8.91. The average Bonchev–Trinajstić information content (AvgIpc) is 2.38. The molecule has 1 atom stereocenters. The SMILES string of the molecule is CC(C(=O)O)N(C)CC(=O)N(C)CC1CCCCC1.Cl. The number of hydrogen-bond donors (Lipinski definition) is 1. The van der Waals surface area contributed by atoms with Crippen LogP contribution in [0.4, 0.5) is 0 Å². The Hall–Kier alpha value is -0.810. The summed E-state index contributed by atoms with van der Waals surface area (Å²) in [6.07, 6.45) is 6.26. The zero-order chi connectivity index (χ0) is 14.4. The van der Waals surface area contributed by atoms with Crippen molar-refractivity contribution in [2.24, 2.45) is 5.92 Å².